The van der Waals surface area contributed by atoms with E-state index >= 15 is 0 Å². The lowest BCUT2D eigenvalue weighted by Crippen LogP contribution is -2.60. The Morgan fingerprint density at radius 1 is 1.48 bits per heavy atom. The molecule has 4 heterocycles. The van der Waals surface area contributed by atoms with Gasteiger partial charge in [-0.3, -0.25) is 9.78 Å². The Morgan fingerprint density at radius 2 is 2.33 bits per heavy atom. The maximum atomic E-state index is 12.9. The van der Waals surface area contributed by atoms with E-state index in [1.807, 2.05) is 41.9 Å². The van der Waals surface area contributed by atoms with E-state index in [-0.39, 0.29) is 16.8 Å². The number of rotatable bonds is 6. The Bertz CT molecular complexity index is 802. The number of thioether (sulfide) groups is 1. The standard InChI is InChI=1S/C20H25N3O3S/c1-3-5-17-18(14(2)22-26-17)19(24)23-12-20(13-23)8-16(11-27-20)25-10-15-6-4-7-21-9-15/h4,6-7,9,16H,3,5,8,10-13H2,1-2H3. The van der Waals surface area contributed by atoms with E-state index in [4.69, 9.17) is 9.26 Å². The average molecular weight is 388 g/mol. The Kier molecular flexibility index (Phi) is 5.23. The molecule has 2 aliphatic heterocycles. The molecule has 6 nitrogen and oxygen atoms in total. The van der Waals surface area contributed by atoms with Crippen molar-refractivity contribution < 1.29 is 14.1 Å². The third-order valence-corrected chi connectivity index (χ3v) is 6.83. The summed E-state index contributed by atoms with van der Waals surface area (Å²) in [6, 6.07) is 3.96. The predicted octanol–water partition coefficient (Wildman–Crippen LogP) is 3.25. The number of aryl methyl sites for hydroxylation is 2. The van der Waals surface area contributed by atoms with E-state index in [9.17, 15) is 4.79 Å². The molecule has 0 aliphatic carbocycles. The molecule has 0 aromatic carbocycles. The molecular formula is C20H25N3O3S. The highest BCUT2D eigenvalue weighted by Crippen LogP contribution is 2.46. The largest absolute Gasteiger partial charge is 0.373 e. The number of hydrogen-bond donors (Lipinski definition) is 0. The van der Waals surface area contributed by atoms with Crippen molar-refractivity contribution in [3.8, 4) is 0 Å². The molecule has 144 valence electrons. The fourth-order valence-electron chi connectivity index (χ4n) is 3.87. The molecule has 0 bridgehead atoms. The van der Waals surface area contributed by atoms with Gasteiger partial charge in [-0.2, -0.15) is 0 Å². The van der Waals surface area contributed by atoms with Gasteiger partial charge in [-0.25, -0.2) is 0 Å². The van der Waals surface area contributed by atoms with Crippen LogP contribution in [0.1, 0.15) is 47.1 Å². The summed E-state index contributed by atoms with van der Waals surface area (Å²) in [5, 5.41) is 4.00. The average Bonchev–Trinajstić information content (AvgIpc) is 3.24. The van der Waals surface area contributed by atoms with Gasteiger partial charge >= 0.3 is 0 Å². The summed E-state index contributed by atoms with van der Waals surface area (Å²) in [6.45, 7) is 6.07. The Balaban J connectivity index is 1.31. The first-order valence-corrected chi connectivity index (χ1v) is 10.5. The number of hydrogen-bond acceptors (Lipinski definition) is 6. The van der Waals surface area contributed by atoms with Crippen molar-refractivity contribution in [2.24, 2.45) is 0 Å². The summed E-state index contributed by atoms with van der Waals surface area (Å²) in [6.07, 6.45) is 6.53. The third kappa shape index (κ3) is 3.75. The highest BCUT2D eigenvalue weighted by atomic mass is 32.2. The fourth-order valence-corrected chi connectivity index (χ4v) is 5.42. The van der Waals surface area contributed by atoms with Crippen LogP contribution in [0.25, 0.3) is 0 Å². The third-order valence-electron chi connectivity index (χ3n) is 5.25. The zero-order valence-electron chi connectivity index (χ0n) is 15.8. The molecule has 0 saturated carbocycles. The summed E-state index contributed by atoms with van der Waals surface area (Å²) < 4.78 is 11.6. The first-order valence-electron chi connectivity index (χ1n) is 9.49. The van der Waals surface area contributed by atoms with Crippen LogP contribution >= 0.6 is 11.8 Å². The van der Waals surface area contributed by atoms with Crippen LogP contribution in [0, 0.1) is 6.92 Å². The molecule has 1 amide bonds. The van der Waals surface area contributed by atoms with Gasteiger partial charge in [0.15, 0.2) is 0 Å². The van der Waals surface area contributed by atoms with Crippen LogP contribution in [0.5, 0.6) is 0 Å². The minimum atomic E-state index is 0.0585. The quantitative estimate of drug-likeness (QED) is 0.758. The van der Waals surface area contributed by atoms with Gasteiger partial charge in [0.05, 0.1) is 23.2 Å². The topological polar surface area (TPSA) is 68.5 Å². The smallest absolute Gasteiger partial charge is 0.259 e. The molecule has 1 atom stereocenters. The van der Waals surface area contributed by atoms with E-state index in [1.165, 1.54) is 0 Å². The number of pyridine rings is 1. The molecule has 0 radical (unpaired) electrons. The SMILES string of the molecule is CCCc1onc(C)c1C(=O)N1CC2(CC(OCc3cccnc3)CS2)C1. The Hall–Kier alpha value is -1.86. The highest BCUT2D eigenvalue weighted by Gasteiger charge is 2.51. The van der Waals surface area contributed by atoms with E-state index in [2.05, 4.69) is 17.1 Å². The molecule has 0 N–H and O–H groups in total. The van der Waals surface area contributed by atoms with Crippen LogP contribution in [0.2, 0.25) is 0 Å². The second-order valence-electron chi connectivity index (χ2n) is 7.47. The molecule has 2 aromatic rings. The van der Waals surface area contributed by atoms with E-state index < -0.39 is 0 Å². The van der Waals surface area contributed by atoms with Crippen LogP contribution in [-0.4, -0.2) is 50.6 Å². The maximum Gasteiger partial charge on any atom is 0.259 e. The van der Waals surface area contributed by atoms with Gasteiger partial charge in [0, 0.05) is 37.7 Å². The van der Waals surface area contributed by atoms with Crippen molar-refractivity contribution in [2.45, 2.75) is 50.6 Å². The number of amides is 1. The van der Waals surface area contributed by atoms with Gasteiger partial charge in [-0.05, 0) is 31.4 Å². The fraction of sp³-hybridized carbons (Fsp3) is 0.550. The summed E-state index contributed by atoms with van der Waals surface area (Å²) >= 11 is 1.94. The molecule has 2 saturated heterocycles. The molecule has 7 heteroatoms. The maximum absolute atomic E-state index is 12.9. The van der Waals surface area contributed by atoms with Crippen LogP contribution in [-0.2, 0) is 17.8 Å². The molecule has 1 unspecified atom stereocenters. The molecule has 1 spiro atoms. The van der Waals surface area contributed by atoms with E-state index in [0.29, 0.717) is 17.9 Å². The lowest BCUT2D eigenvalue weighted by molar-refractivity contribution is 0.0253. The van der Waals surface area contributed by atoms with Gasteiger partial charge in [-0.15, -0.1) is 11.8 Å². The van der Waals surface area contributed by atoms with Crippen LogP contribution in [0.4, 0.5) is 0 Å². The number of carbonyl (C=O) groups is 1. The van der Waals surface area contributed by atoms with Crippen molar-refractivity contribution in [3.63, 3.8) is 0 Å². The summed E-state index contributed by atoms with van der Waals surface area (Å²) in [4.78, 5) is 19.0. The number of carbonyl (C=O) groups excluding carboxylic acids is 1. The van der Waals surface area contributed by atoms with Gasteiger partial charge in [0.25, 0.3) is 5.91 Å². The lowest BCUT2D eigenvalue weighted by Gasteiger charge is -2.47. The zero-order chi connectivity index (χ0) is 18.9. The second kappa shape index (κ2) is 7.64. The van der Waals surface area contributed by atoms with Gasteiger partial charge in [0.2, 0.25) is 0 Å². The summed E-state index contributed by atoms with van der Waals surface area (Å²) in [7, 11) is 0. The second-order valence-corrected chi connectivity index (χ2v) is 8.96. The van der Waals surface area contributed by atoms with Gasteiger partial charge in [0.1, 0.15) is 11.3 Å². The van der Waals surface area contributed by atoms with Crippen molar-refractivity contribution in [1.29, 1.82) is 0 Å². The molecule has 4 rings (SSSR count). The van der Waals surface area contributed by atoms with Crippen molar-refractivity contribution in [3.05, 3.63) is 47.1 Å². The van der Waals surface area contributed by atoms with Crippen molar-refractivity contribution in [1.82, 2.24) is 15.0 Å². The Labute approximate surface area is 163 Å². The number of likely N-dealkylation sites (tertiary alicyclic amines) is 1. The monoisotopic (exact) mass is 387 g/mol. The summed E-state index contributed by atoms with van der Waals surface area (Å²) in [5.41, 5.74) is 2.46. The molecule has 27 heavy (non-hydrogen) atoms. The normalized spacial score (nSPS) is 20.8. The van der Waals surface area contributed by atoms with Crippen molar-refractivity contribution in [2.75, 3.05) is 18.8 Å². The lowest BCUT2D eigenvalue weighted by atomic mass is 9.92. The Morgan fingerprint density at radius 3 is 3.07 bits per heavy atom. The minimum Gasteiger partial charge on any atom is -0.373 e. The van der Waals surface area contributed by atoms with Crippen LogP contribution < -0.4 is 0 Å². The van der Waals surface area contributed by atoms with E-state index in [0.717, 1.165) is 49.4 Å². The van der Waals surface area contributed by atoms with Gasteiger partial charge < -0.3 is 14.2 Å². The van der Waals surface area contributed by atoms with Crippen LogP contribution in [0.15, 0.2) is 29.0 Å². The molecular weight excluding hydrogens is 362 g/mol. The van der Waals surface area contributed by atoms with Gasteiger partial charge in [-0.1, -0.05) is 18.1 Å². The first-order chi connectivity index (χ1) is 13.1. The van der Waals surface area contributed by atoms with Crippen molar-refractivity contribution >= 4 is 17.7 Å². The number of ether oxygens (including phenoxy) is 1. The zero-order valence-corrected chi connectivity index (χ0v) is 16.6. The highest BCUT2D eigenvalue weighted by molar-refractivity contribution is 8.01. The number of aromatic nitrogens is 2. The predicted molar refractivity (Wildman–Crippen MR) is 104 cm³/mol. The molecule has 2 aliphatic rings. The minimum absolute atomic E-state index is 0.0585. The number of nitrogens with zero attached hydrogens (tertiary/aromatic N) is 3. The molecule has 2 aromatic heterocycles. The summed E-state index contributed by atoms with van der Waals surface area (Å²) in [5.74, 6) is 1.76. The first kappa shape index (κ1) is 18.5. The van der Waals surface area contributed by atoms with Crippen LogP contribution in [0.3, 0.4) is 0 Å². The molecule has 2 fully saturated rings. The van der Waals surface area contributed by atoms with E-state index in [1.54, 1.807) is 6.20 Å².